The third-order valence-corrected chi connectivity index (χ3v) is 2.35. The molecule has 2 rings (SSSR count). The van der Waals surface area contributed by atoms with Crippen molar-refractivity contribution < 1.29 is 9.53 Å². The quantitative estimate of drug-likeness (QED) is 0.757. The van der Waals surface area contributed by atoms with Crippen LogP contribution >= 0.6 is 0 Å². The van der Waals surface area contributed by atoms with Crippen LogP contribution in [0.5, 0.6) is 0 Å². The maximum absolute atomic E-state index is 11.8. The molecule has 0 amide bonds. The minimum Gasteiger partial charge on any atom is -0.462 e. The Bertz CT molecular complexity index is 509. The molecule has 0 spiro atoms. The zero-order chi connectivity index (χ0) is 12.1. The fourth-order valence-corrected chi connectivity index (χ4v) is 1.60. The minimum atomic E-state index is -0.334. The van der Waals surface area contributed by atoms with Crippen molar-refractivity contribution in [1.29, 1.82) is 0 Å². The van der Waals surface area contributed by atoms with Crippen LogP contribution in [0.2, 0.25) is 0 Å². The van der Waals surface area contributed by atoms with Crippen molar-refractivity contribution >= 4 is 5.97 Å². The van der Waals surface area contributed by atoms with Crippen LogP contribution in [-0.2, 0) is 4.74 Å². The molecule has 3 nitrogen and oxygen atoms in total. The Hall–Kier alpha value is -2.16. The molecule has 0 fully saturated rings. The summed E-state index contributed by atoms with van der Waals surface area (Å²) >= 11 is 0. The number of aromatic nitrogens is 1. The molecule has 0 saturated carbocycles. The van der Waals surface area contributed by atoms with Crippen LogP contribution in [0, 0.1) is 0 Å². The molecule has 0 saturated heterocycles. The van der Waals surface area contributed by atoms with E-state index in [4.69, 9.17) is 4.74 Å². The summed E-state index contributed by atoms with van der Waals surface area (Å²) in [6.07, 6.45) is 1.67. The van der Waals surface area contributed by atoms with E-state index in [1.807, 2.05) is 30.3 Å². The van der Waals surface area contributed by atoms with Gasteiger partial charge in [-0.3, -0.25) is 4.98 Å². The smallest absolute Gasteiger partial charge is 0.340 e. The minimum absolute atomic E-state index is 0.334. The van der Waals surface area contributed by atoms with Crippen molar-refractivity contribution in [2.45, 2.75) is 6.92 Å². The van der Waals surface area contributed by atoms with Crippen LogP contribution in [0.15, 0.2) is 48.7 Å². The lowest BCUT2D eigenvalue weighted by Gasteiger charge is -2.07. The summed E-state index contributed by atoms with van der Waals surface area (Å²) in [5.74, 6) is -0.334. The van der Waals surface area contributed by atoms with Gasteiger partial charge in [0.2, 0.25) is 0 Å². The second-order valence-electron chi connectivity index (χ2n) is 3.49. The Balaban J connectivity index is 2.45. The molecule has 1 aromatic carbocycles. The summed E-state index contributed by atoms with van der Waals surface area (Å²) in [6, 6.07) is 13.1. The fraction of sp³-hybridized carbons (Fsp3) is 0.143. The summed E-state index contributed by atoms with van der Waals surface area (Å²) in [4.78, 5) is 16.0. The van der Waals surface area contributed by atoms with Gasteiger partial charge >= 0.3 is 5.97 Å². The highest BCUT2D eigenvalue weighted by molar-refractivity contribution is 5.96. The van der Waals surface area contributed by atoms with E-state index in [0.29, 0.717) is 17.9 Å². The first-order valence-corrected chi connectivity index (χ1v) is 5.50. The average molecular weight is 227 g/mol. The fourth-order valence-electron chi connectivity index (χ4n) is 1.60. The highest BCUT2D eigenvalue weighted by Crippen LogP contribution is 2.21. The van der Waals surface area contributed by atoms with Crippen molar-refractivity contribution in [3.63, 3.8) is 0 Å². The largest absolute Gasteiger partial charge is 0.462 e. The normalized spacial score (nSPS) is 9.94. The van der Waals surface area contributed by atoms with Crippen molar-refractivity contribution in [3.05, 3.63) is 54.2 Å². The van der Waals surface area contributed by atoms with Gasteiger partial charge in [0.25, 0.3) is 0 Å². The van der Waals surface area contributed by atoms with E-state index in [-0.39, 0.29) is 5.97 Å². The van der Waals surface area contributed by atoms with E-state index in [0.717, 1.165) is 5.56 Å². The van der Waals surface area contributed by atoms with E-state index in [1.165, 1.54) is 0 Å². The van der Waals surface area contributed by atoms with Crippen LogP contribution in [-0.4, -0.2) is 17.6 Å². The number of benzene rings is 1. The maximum Gasteiger partial charge on any atom is 0.340 e. The Morgan fingerprint density at radius 2 is 1.94 bits per heavy atom. The van der Waals surface area contributed by atoms with Gasteiger partial charge in [-0.25, -0.2) is 4.79 Å². The summed E-state index contributed by atoms with van der Waals surface area (Å²) < 4.78 is 5.01. The van der Waals surface area contributed by atoms with Gasteiger partial charge in [-0.2, -0.15) is 0 Å². The molecule has 0 aliphatic heterocycles. The maximum atomic E-state index is 11.8. The Labute approximate surface area is 100 Å². The van der Waals surface area contributed by atoms with Crippen LogP contribution in [0.1, 0.15) is 17.3 Å². The SMILES string of the molecule is CCOC(=O)c1cccnc1-c1ccccc1. The van der Waals surface area contributed by atoms with Gasteiger partial charge in [-0.1, -0.05) is 30.3 Å². The first-order chi connectivity index (χ1) is 8.33. The number of rotatable bonds is 3. The van der Waals surface area contributed by atoms with Gasteiger partial charge in [-0.15, -0.1) is 0 Å². The molecule has 1 aromatic heterocycles. The first-order valence-electron chi connectivity index (χ1n) is 5.50. The second kappa shape index (κ2) is 5.25. The van der Waals surface area contributed by atoms with E-state index in [1.54, 1.807) is 25.3 Å². The molecule has 0 unspecified atom stereocenters. The molecule has 0 radical (unpaired) electrons. The van der Waals surface area contributed by atoms with Crippen molar-refractivity contribution in [2.24, 2.45) is 0 Å². The number of pyridine rings is 1. The van der Waals surface area contributed by atoms with Crippen molar-refractivity contribution in [1.82, 2.24) is 4.98 Å². The van der Waals surface area contributed by atoms with E-state index in [2.05, 4.69) is 4.98 Å². The molecular weight excluding hydrogens is 214 g/mol. The molecule has 2 aromatic rings. The van der Waals surface area contributed by atoms with Crippen LogP contribution in [0.3, 0.4) is 0 Å². The van der Waals surface area contributed by atoms with Crippen LogP contribution < -0.4 is 0 Å². The number of carbonyl (C=O) groups is 1. The van der Waals surface area contributed by atoms with Gasteiger partial charge in [-0.05, 0) is 19.1 Å². The lowest BCUT2D eigenvalue weighted by atomic mass is 10.1. The Kier molecular flexibility index (Phi) is 3.50. The third-order valence-electron chi connectivity index (χ3n) is 2.35. The van der Waals surface area contributed by atoms with Crippen molar-refractivity contribution in [3.8, 4) is 11.3 Å². The zero-order valence-electron chi connectivity index (χ0n) is 9.59. The molecule has 3 heteroatoms. The van der Waals surface area contributed by atoms with E-state index in [9.17, 15) is 4.79 Å². The van der Waals surface area contributed by atoms with Gasteiger partial charge in [0.05, 0.1) is 17.9 Å². The predicted molar refractivity (Wildman–Crippen MR) is 65.6 cm³/mol. The number of hydrogen-bond donors (Lipinski definition) is 0. The Morgan fingerprint density at radius 3 is 2.65 bits per heavy atom. The molecule has 0 bridgehead atoms. The molecule has 17 heavy (non-hydrogen) atoms. The van der Waals surface area contributed by atoms with E-state index >= 15 is 0 Å². The van der Waals surface area contributed by atoms with Gasteiger partial charge < -0.3 is 4.74 Å². The number of hydrogen-bond acceptors (Lipinski definition) is 3. The van der Waals surface area contributed by atoms with Gasteiger partial charge in [0.15, 0.2) is 0 Å². The highest BCUT2D eigenvalue weighted by atomic mass is 16.5. The van der Waals surface area contributed by atoms with Crippen LogP contribution in [0.4, 0.5) is 0 Å². The van der Waals surface area contributed by atoms with E-state index < -0.39 is 0 Å². The number of carbonyl (C=O) groups excluding carboxylic acids is 1. The molecule has 1 heterocycles. The molecule has 0 aliphatic carbocycles. The van der Waals surface area contributed by atoms with Crippen molar-refractivity contribution in [2.75, 3.05) is 6.61 Å². The topological polar surface area (TPSA) is 39.2 Å². The second-order valence-corrected chi connectivity index (χ2v) is 3.49. The molecular formula is C14H13NO2. The zero-order valence-corrected chi connectivity index (χ0v) is 9.59. The summed E-state index contributed by atoms with van der Waals surface area (Å²) in [5, 5.41) is 0. The summed E-state index contributed by atoms with van der Waals surface area (Å²) in [6.45, 7) is 2.15. The number of nitrogens with zero attached hydrogens (tertiary/aromatic N) is 1. The third kappa shape index (κ3) is 2.50. The molecule has 86 valence electrons. The lowest BCUT2D eigenvalue weighted by Crippen LogP contribution is -2.07. The van der Waals surface area contributed by atoms with Gasteiger partial charge in [0.1, 0.15) is 0 Å². The summed E-state index contributed by atoms with van der Waals surface area (Å²) in [7, 11) is 0. The Morgan fingerprint density at radius 1 is 1.18 bits per heavy atom. The number of esters is 1. The molecule has 0 aliphatic rings. The molecule has 0 N–H and O–H groups in total. The average Bonchev–Trinajstić information content (AvgIpc) is 2.40. The first kappa shape index (κ1) is 11.3. The highest BCUT2D eigenvalue weighted by Gasteiger charge is 2.13. The predicted octanol–water partition coefficient (Wildman–Crippen LogP) is 2.93. The molecule has 0 atom stereocenters. The standard InChI is InChI=1S/C14H13NO2/c1-2-17-14(16)12-9-6-10-15-13(12)11-7-4-3-5-8-11/h3-10H,2H2,1H3. The van der Waals surface area contributed by atoms with Crippen LogP contribution in [0.25, 0.3) is 11.3 Å². The lowest BCUT2D eigenvalue weighted by molar-refractivity contribution is 0.0527. The summed E-state index contributed by atoms with van der Waals surface area (Å²) in [5.41, 5.74) is 2.07. The monoisotopic (exact) mass is 227 g/mol. The number of ether oxygens (including phenoxy) is 1. The van der Waals surface area contributed by atoms with Gasteiger partial charge in [0, 0.05) is 11.8 Å².